The second-order valence-electron chi connectivity index (χ2n) is 4.60. The van der Waals surface area contributed by atoms with Gasteiger partial charge >= 0.3 is 6.18 Å². The highest BCUT2D eigenvalue weighted by Gasteiger charge is 2.33. The number of nitrogens with zero attached hydrogens (tertiary/aromatic N) is 1. The van der Waals surface area contributed by atoms with Crippen LogP contribution in [0.3, 0.4) is 0 Å². The van der Waals surface area contributed by atoms with E-state index in [4.69, 9.17) is 0 Å². The molecule has 1 unspecified atom stereocenters. The number of anilines is 1. The Bertz CT molecular complexity index is 575. The minimum atomic E-state index is -4.31. The van der Waals surface area contributed by atoms with Crippen molar-refractivity contribution in [2.75, 3.05) is 11.9 Å². The number of alkyl halides is 3. The highest BCUT2D eigenvalue weighted by molar-refractivity contribution is 5.58. The molecule has 0 saturated carbocycles. The van der Waals surface area contributed by atoms with Gasteiger partial charge in [-0.15, -0.1) is 0 Å². The van der Waals surface area contributed by atoms with Crippen molar-refractivity contribution in [3.8, 4) is 0 Å². The number of rotatable bonds is 1. The van der Waals surface area contributed by atoms with Gasteiger partial charge in [0.15, 0.2) is 0 Å². The number of aromatic nitrogens is 2. The van der Waals surface area contributed by atoms with Crippen molar-refractivity contribution in [2.45, 2.75) is 18.5 Å². The highest BCUT2D eigenvalue weighted by Crippen LogP contribution is 2.39. The third kappa shape index (κ3) is 2.18. The molecule has 2 heterocycles. The van der Waals surface area contributed by atoms with Crippen LogP contribution in [-0.2, 0) is 6.18 Å². The van der Waals surface area contributed by atoms with E-state index in [1.165, 1.54) is 12.1 Å². The summed E-state index contributed by atoms with van der Waals surface area (Å²) in [7, 11) is 0. The molecule has 3 nitrogen and oxygen atoms in total. The van der Waals surface area contributed by atoms with E-state index in [-0.39, 0.29) is 5.92 Å². The van der Waals surface area contributed by atoms with Crippen molar-refractivity contribution in [3.05, 3.63) is 47.3 Å². The Morgan fingerprint density at radius 2 is 2.11 bits per heavy atom. The summed E-state index contributed by atoms with van der Waals surface area (Å²) in [5.41, 5.74) is 1.76. The van der Waals surface area contributed by atoms with Gasteiger partial charge in [-0.05, 0) is 35.7 Å². The maximum Gasteiger partial charge on any atom is 0.416 e. The van der Waals surface area contributed by atoms with Crippen LogP contribution in [-0.4, -0.2) is 16.7 Å². The van der Waals surface area contributed by atoms with Crippen LogP contribution in [0, 0.1) is 0 Å². The summed E-state index contributed by atoms with van der Waals surface area (Å²) in [5, 5.41) is 9.72. The first-order chi connectivity index (χ1) is 9.05. The van der Waals surface area contributed by atoms with Gasteiger partial charge in [-0.2, -0.15) is 18.3 Å². The molecule has 2 N–H and O–H groups in total. The Morgan fingerprint density at radius 3 is 2.79 bits per heavy atom. The summed E-state index contributed by atoms with van der Waals surface area (Å²) in [6.07, 6.45) is -0.151. The fourth-order valence-corrected chi connectivity index (χ4v) is 2.49. The first-order valence-corrected chi connectivity index (χ1v) is 5.99. The van der Waals surface area contributed by atoms with Crippen LogP contribution in [0.15, 0.2) is 30.6 Å². The average molecular weight is 267 g/mol. The fraction of sp³-hybridized carbons (Fsp3) is 0.308. The number of halogens is 3. The van der Waals surface area contributed by atoms with Crippen LogP contribution in [0.5, 0.6) is 0 Å². The number of fused-ring (bicyclic) bond motifs is 1. The molecule has 1 aliphatic rings. The van der Waals surface area contributed by atoms with Gasteiger partial charge in [-0.25, -0.2) is 0 Å². The van der Waals surface area contributed by atoms with Crippen molar-refractivity contribution in [1.82, 2.24) is 10.2 Å². The van der Waals surface area contributed by atoms with E-state index in [0.29, 0.717) is 5.56 Å². The van der Waals surface area contributed by atoms with Crippen molar-refractivity contribution >= 4 is 5.69 Å². The van der Waals surface area contributed by atoms with E-state index in [1.807, 2.05) is 0 Å². The third-order valence-corrected chi connectivity index (χ3v) is 3.42. The van der Waals surface area contributed by atoms with Gasteiger partial charge in [0, 0.05) is 24.3 Å². The van der Waals surface area contributed by atoms with Crippen LogP contribution < -0.4 is 5.32 Å². The maximum atomic E-state index is 12.8. The number of aromatic amines is 1. The van der Waals surface area contributed by atoms with E-state index >= 15 is 0 Å². The summed E-state index contributed by atoms with van der Waals surface area (Å²) in [4.78, 5) is 0. The van der Waals surface area contributed by atoms with Crippen molar-refractivity contribution in [2.24, 2.45) is 0 Å². The van der Waals surface area contributed by atoms with Crippen LogP contribution in [0.2, 0.25) is 0 Å². The molecule has 0 fully saturated rings. The molecule has 2 aromatic rings. The molecule has 1 aromatic heterocycles. The number of H-pyrrole nitrogens is 1. The summed E-state index contributed by atoms with van der Waals surface area (Å²) in [6, 6.07) is 3.85. The van der Waals surface area contributed by atoms with Gasteiger partial charge in [-0.3, -0.25) is 5.10 Å². The largest absolute Gasteiger partial charge is 0.416 e. The summed E-state index contributed by atoms with van der Waals surface area (Å²) in [6.45, 7) is 0.744. The Hall–Kier alpha value is -1.98. The molecule has 0 amide bonds. The molecule has 0 aliphatic carbocycles. The second-order valence-corrected chi connectivity index (χ2v) is 4.60. The molecule has 1 atom stereocenters. The van der Waals surface area contributed by atoms with Crippen molar-refractivity contribution in [1.29, 1.82) is 0 Å². The molecule has 6 heteroatoms. The Morgan fingerprint density at radius 1 is 1.26 bits per heavy atom. The summed E-state index contributed by atoms with van der Waals surface area (Å²) in [5.74, 6) is -0.0442. The molecular formula is C13H12F3N3. The Kier molecular flexibility index (Phi) is 2.73. The first-order valence-electron chi connectivity index (χ1n) is 5.99. The molecule has 0 saturated heterocycles. The van der Waals surface area contributed by atoms with Crippen LogP contribution in [0.25, 0.3) is 0 Å². The van der Waals surface area contributed by atoms with Gasteiger partial charge in [0.2, 0.25) is 0 Å². The lowest BCUT2D eigenvalue weighted by Gasteiger charge is -2.27. The Balaban J connectivity index is 2.07. The molecule has 3 rings (SSSR count). The standard InChI is InChI=1S/C13H12F3N3/c14-13(15,16)9-1-2-12-11(5-9)10(3-4-17-12)8-6-18-19-7-8/h1-2,5-7,10,17H,3-4H2,(H,18,19). The quantitative estimate of drug-likeness (QED) is 0.831. The minimum absolute atomic E-state index is 0.0442. The monoisotopic (exact) mass is 267 g/mol. The summed E-state index contributed by atoms with van der Waals surface area (Å²) < 4.78 is 38.4. The molecule has 1 aromatic carbocycles. The van der Waals surface area contributed by atoms with E-state index in [2.05, 4.69) is 15.5 Å². The predicted molar refractivity (Wildman–Crippen MR) is 65.0 cm³/mol. The number of hydrogen-bond acceptors (Lipinski definition) is 2. The van der Waals surface area contributed by atoms with Gasteiger partial charge in [0.05, 0.1) is 11.8 Å². The molecular weight excluding hydrogens is 255 g/mol. The lowest BCUT2D eigenvalue weighted by Crippen LogP contribution is -2.18. The van der Waals surface area contributed by atoms with Gasteiger partial charge < -0.3 is 5.32 Å². The molecule has 19 heavy (non-hydrogen) atoms. The lowest BCUT2D eigenvalue weighted by molar-refractivity contribution is -0.137. The number of hydrogen-bond donors (Lipinski definition) is 2. The van der Waals surface area contributed by atoms with Gasteiger partial charge in [0.1, 0.15) is 0 Å². The van der Waals surface area contributed by atoms with Crippen LogP contribution in [0.4, 0.5) is 18.9 Å². The van der Waals surface area contributed by atoms with E-state index in [0.717, 1.165) is 30.3 Å². The third-order valence-electron chi connectivity index (χ3n) is 3.42. The van der Waals surface area contributed by atoms with Gasteiger partial charge in [-0.1, -0.05) is 0 Å². The highest BCUT2D eigenvalue weighted by atomic mass is 19.4. The predicted octanol–water partition coefficient (Wildman–Crippen LogP) is 3.38. The number of nitrogens with one attached hydrogen (secondary N) is 2. The smallest absolute Gasteiger partial charge is 0.385 e. The molecule has 0 spiro atoms. The van der Waals surface area contributed by atoms with Gasteiger partial charge in [0.25, 0.3) is 0 Å². The average Bonchev–Trinajstić information content (AvgIpc) is 2.90. The zero-order valence-electron chi connectivity index (χ0n) is 9.96. The lowest BCUT2D eigenvalue weighted by atomic mass is 9.86. The zero-order valence-corrected chi connectivity index (χ0v) is 9.96. The first kappa shape index (κ1) is 12.1. The van der Waals surface area contributed by atoms with E-state index in [1.54, 1.807) is 12.4 Å². The minimum Gasteiger partial charge on any atom is -0.385 e. The van der Waals surface area contributed by atoms with Crippen molar-refractivity contribution in [3.63, 3.8) is 0 Å². The maximum absolute atomic E-state index is 12.8. The normalized spacial score (nSPS) is 18.8. The van der Waals surface area contributed by atoms with E-state index < -0.39 is 11.7 Å². The van der Waals surface area contributed by atoms with Crippen LogP contribution in [0.1, 0.15) is 29.0 Å². The Labute approximate surface area is 107 Å². The SMILES string of the molecule is FC(F)(F)c1ccc2c(c1)C(c1cn[nH]c1)CCN2. The summed E-state index contributed by atoms with van der Waals surface area (Å²) >= 11 is 0. The molecule has 0 radical (unpaired) electrons. The van der Waals surface area contributed by atoms with Crippen LogP contribution >= 0.6 is 0 Å². The van der Waals surface area contributed by atoms with E-state index in [9.17, 15) is 13.2 Å². The second kappa shape index (κ2) is 4.29. The molecule has 1 aliphatic heterocycles. The topological polar surface area (TPSA) is 40.7 Å². The molecule has 0 bridgehead atoms. The molecule has 100 valence electrons. The zero-order chi connectivity index (χ0) is 13.5. The fourth-order valence-electron chi connectivity index (χ4n) is 2.49. The van der Waals surface area contributed by atoms with Crippen molar-refractivity contribution < 1.29 is 13.2 Å². The number of benzene rings is 1.